The number of fused-ring (bicyclic) bond motifs is 1. The highest BCUT2D eigenvalue weighted by atomic mass is 16.5. The maximum atomic E-state index is 12.0. The van der Waals surface area contributed by atoms with Gasteiger partial charge in [-0.3, -0.25) is 9.59 Å². The summed E-state index contributed by atoms with van der Waals surface area (Å²) in [5.41, 5.74) is 1.99. The Morgan fingerprint density at radius 1 is 1.14 bits per heavy atom. The first-order chi connectivity index (χ1) is 10.7. The van der Waals surface area contributed by atoms with Gasteiger partial charge in [-0.2, -0.15) is 15.4 Å². The molecule has 2 N–H and O–H groups in total. The van der Waals surface area contributed by atoms with Gasteiger partial charge in [0.2, 0.25) is 0 Å². The Labute approximate surface area is 128 Å². The normalized spacial score (nSPS) is 10.6. The maximum absolute atomic E-state index is 12.0. The Bertz CT molecular complexity index is 639. The second-order valence-corrected chi connectivity index (χ2v) is 5.02. The molecule has 2 aromatic rings. The third-order valence-electron chi connectivity index (χ3n) is 3.40. The van der Waals surface area contributed by atoms with E-state index in [1.807, 2.05) is 0 Å². The molecule has 0 unspecified atom stereocenters. The van der Waals surface area contributed by atoms with Crippen LogP contribution in [0.1, 0.15) is 42.5 Å². The number of esters is 1. The van der Waals surface area contributed by atoms with Crippen LogP contribution in [0.25, 0.3) is 11.0 Å². The number of unbranched alkanes of at least 4 members (excludes halogenated alkanes) is 3. The van der Waals surface area contributed by atoms with Gasteiger partial charge < -0.3 is 10.1 Å². The molecule has 0 radical (unpaired) electrons. The summed E-state index contributed by atoms with van der Waals surface area (Å²) in [7, 11) is 1.40. The standard InChI is InChI=1S/C15H20N4O3/c1-22-14(20)6-4-2-3-5-9-16-15(21)11-7-8-12-13(10-11)18-19-17-12/h7-8,10H,2-6,9H2,1H3,(H,16,21)(H,17,18,19). The van der Waals surface area contributed by atoms with Crippen LogP contribution in [0.4, 0.5) is 0 Å². The molecule has 0 spiro atoms. The van der Waals surface area contributed by atoms with E-state index in [2.05, 4.69) is 25.5 Å². The third kappa shape index (κ3) is 4.54. The molecule has 2 rings (SSSR count). The first kappa shape index (κ1) is 15.9. The number of rotatable bonds is 8. The largest absolute Gasteiger partial charge is 0.469 e. The van der Waals surface area contributed by atoms with Crippen molar-refractivity contribution in [3.8, 4) is 0 Å². The van der Waals surface area contributed by atoms with Gasteiger partial charge in [0, 0.05) is 18.5 Å². The Hall–Kier alpha value is -2.44. The fourth-order valence-electron chi connectivity index (χ4n) is 2.14. The maximum Gasteiger partial charge on any atom is 0.305 e. The van der Waals surface area contributed by atoms with Crippen molar-refractivity contribution in [1.82, 2.24) is 20.7 Å². The molecule has 7 heteroatoms. The lowest BCUT2D eigenvalue weighted by Gasteiger charge is -2.05. The van der Waals surface area contributed by atoms with E-state index < -0.39 is 0 Å². The van der Waals surface area contributed by atoms with E-state index in [9.17, 15) is 9.59 Å². The molecule has 0 fully saturated rings. The Balaban J connectivity index is 1.64. The monoisotopic (exact) mass is 304 g/mol. The number of hydrogen-bond donors (Lipinski definition) is 2. The fraction of sp³-hybridized carbons (Fsp3) is 0.467. The van der Waals surface area contributed by atoms with Crippen molar-refractivity contribution in [2.24, 2.45) is 0 Å². The minimum Gasteiger partial charge on any atom is -0.469 e. The van der Waals surface area contributed by atoms with Gasteiger partial charge in [0.05, 0.1) is 7.11 Å². The Morgan fingerprint density at radius 2 is 1.91 bits per heavy atom. The van der Waals surface area contributed by atoms with Crippen LogP contribution >= 0.6 is 0 Å². The Morgan fingerprint density at radius 3 is 2.73 bits per heavy atom. The van der Waals surface area contributed by atoms with Crippen molar-refractivity contribution >= 4 is 22.9 Å². The molecular weight excluding hydrogens is 284 g/mol. The fourth-order valence-corrected chi connectivity index (χ4v) is 2.14. The molecule has 0 aliphatic carbocycles. The van der Waals surface area contributed by atoms with Crippen molar-refractivity contribution in [1.29, 1.82) is 0 Å². The predicted molar refractivity (Wildman–Crippen MR) is 81.3 cm³/mol. The summed E-state index contributed by atoms with van der Waals surface area (Å²) >= 11 is 0. The van der Waals surface area contributed by atoms with Crippen molar-refractivity contribution in [3.63, 3.8) is 0 Å². The smallest absolute Gasteiger partial charge is 0.305 e. The molecule has 0 saturated carbocycles. The second-order valence-electron chi connectivity index (χ2n) is 5.02. The molecule has 1 aromatic carbocycles. The predicted octanol–water partition coefficient (Wildman–Crippen LogP) is 1.81. The molecule has 0 saturated heterocycles. The number of ether oxygens (including phenoxy) is 1. The minimum absolute atomic E-state index is 0.112. The number of nitrogens with zero attached hydrogens (tertiary/aromatic N) is 2. The lowest BCUT2D eigenvalue weighted by atomic mass is 10.1. The van der Waals surface area contributed by atoms with Crippen LogP contribution in [-0.4, -0.2) is 40.9 Å². The van der Waals surface area contributed by atoms with Crippen molar-refractivity contribution in [2.45, 2.75) is 32.1 Å². The summed E-state index contributed by atoms with van der Waals surface area (Å²) in [5, 5.41) is 13.3. The molecule has 0 aliphatic heterocycles. The first-order valence-electron chi connectivity index (χ1n) is 7.36. The average Bonchev–Trinajstić information content (AvgIpc) is 3.00. The number of aromatic nitrogens is 3. The van der Waals surface area contributed by atoms with E-state index in [1.165, 1.54) is 7.11 Å². The van der Waals surface area contributed by atoms with Gasteiger partial charge in [-0.25, -0.2) is 0 Å². The van der Waals surface area contributed by atoms with Gasteiger partial charge in [-0.15, -0.1) is 0 Å². The third-order valence-corrected chi connectivity index (χ3v) is 3.40. The van der Waals surface area contributed by atoms with Crippen LogP contribution in [-0.2, 0) is 9.53 Å². The van der Waals surface area contributed by atoms with Gasteiger partial charge in [-0.1, -0.05) is 12.8 Å². The number of carbonyl (C=O) groups excluding carboxylic acids is 2. The summed E-state index contributed by atoms with van der Waals surface area (Å²) in [6.45, 7) is 0.619. The zero-order valence-electron chi connectivity index (χ0n) is 12.6. The lowest BCUT2D eigenvalue weighted by Crippen LogP contribution is -2.24. The van der Waals surface area contributed by atoms with Crippen LogP contribution in [0.2, 0.25) is 0 Å². The summed E-state index contributed by atoms with van der Waals surface area (Å²) in [6.07, 6.45) is 4.10. The molecule has 0 bridgehead atoms. The highest BCUT2D eigenvalue weighted by Crippen LogP contribution is 2.10. The molecule has 1 aromatic heterocycles. The number of H-pyrrole nitrogens is 1. The van der Waals surface area contributed by atoms with Crippen LogP contribution in [0.3, 0.4) is 0 Å². The zero-order chi connectivity index (χ0) is 15.8. The second kappa shape index (κ2) is 8.11. The highest BCUT2D eigenvalue weighted by Gasteiger charge is 2.07. The van der Waals surface area contributed by atoms with Gasteiger partial charge in [0.1, 0.15) is 11.0 Å². The van der Waals surface area contributed by atoms with E-state index in [0.717, 1.165) is 31.2 Å². The summed E-state index contributed by atoms with van der Waals surface area (Å²) in [4.78, 5) is 22.9. The number of aromatic amines is 1. The molecular formula is C15H20N4O3. The topological polar surface area (TPSA) is 97.0 Å². The van der Waals surface area contributed by atoms with Crippen molar-refractivity contribution in [3.05, 3.63) is 23.8 Å². The minimum atomic E-state index is -0.170. The highest BCUT2D eigenvalue weighted by molar-refractivity contribution is 5.97. The number of carbonyl (C=O) groups is 2. The first-order valence-corrected chi connectivity index (χ1v) is 7.36. The number of nitrogens with one attached hydrogen (secondary N) is 2. The molecule has 118 valence electrons. The van der Waals surface area contributed by atoms with E-state index in [4.69, 9.17) is 0 Å². The number of amides is 1. The lowest BCUT2D eigenvalue weighted by molar-refractivity contribution is -0.140. The SMILES string of the molecule is COC(=O)CCCCCCNC(=O)c1ccc2n[nH]nc2c1. The van der Waals surface area contributed by atoms with Crippen LogP contribution < -0.4 is 5.32 Å². The summed E-state index contributed by atoms with van der Waals surface area (Å²) in [5.74, 6) is -0.281. The molecule has 22 heavy (non-hydrogen) atoms. The van der Waals surface area contributed by atoms with Gasteiger partial charge in [0.15, 0.2) is 0 Å². The molecule has 1 amide bonds. The zero-order valence-corrected chi connectivity index (χ0v) is 12.6. The quantitative estimate of drug-likeness (QED) is 0.572. The van der Waals surface area contributed by atoms with Gasteiger partial charge in [-0.05, 0) is 31.0 Å². The van der Waals surface area contributed by atoms with Crippen LogP contribution in [0.15, 0.2) is 18.2 Å². The average molecular weight is 304 g/mol. The molecule has 1 heterocycles. The van der Waals surface area contributed by atoms with Crippen LogP contribution in [0, 0.1) is 0 Å². The molecule has 0 atom stereocenters. The molecule has 7 nitrogen and oxygen atoms in total. The van der Waals surface area contributed by atoms with E-state index >= 15 is 0 Å². The van der Waals surface area contributed by atoms with Crippen molar-refractivity contribution in [2.75, 3.05) is 13.7 Å². The Kier molecular flexibility index (Phi) is 5.88. The number of benzene rings is 1. The van der Waals surface area contributed by atoms with E-state index in [1.54, 1.807) is 18.2 Å². The van der Waals surface area contributed by atoms with Gasteiger partial charge >= 0.3 is 5.97 Å². The number of methoxy groups -OCH3 is 1. The molecule has 0 aliphatic rings. The van der Waals surface area contributed by atoms with Crippen molar-refractivity contribution < 1.29 is 14.3 Å². The summed E-state index contributed by atoms with van der Waals surface area (Å²) < 4.78 is 4.58. The van der Waals surface area contributed by atoms with E-state index in [0.29, 0.717) is 24.0 Å². The number of hydrogen-bond acceptors (Lipinski definition) is 5. The van der Waals surface area contributed by atoms with E-state index in [-0.39, 0.29) is 11.9 Å². The van der Waals surface area contributed by atoms with Gasteiger partial charge in [0.25, 0.3) is 5.91 Å². The van der Waals surface area contributed by atoms with Crippen LogP contribution in [0.5, 0.6) is 0 Å². The summed E-state index contributed by atoms with van der Waals surface area (Å²) in [6, 6.07) is 5.21.